The van der Waals surface area contributed by atoms with Gasteiger partial charge < -0.3 is 26.0 Å². The molecule has 0 spiro atoms. The van der Waals surface area contributed by atoms with Crippen LogP contribution in [0.3, 0.4) is 0 Å². The van der Waals surface area contributed by atoms with Crippen LogP contribution in [0.2, 0.25) is 5.02 Å². The molecule has 2 aromatic heterocycles. The van der Waals surface area contributed by atoms with Crippen molar-refractivity contribution in [1.82, 2.24) is 20.2 Å². The van der Waals surface area contributed by atoms with Gasteiger partial charge in [0.05, 0.1) is 16.1 Å². The van der Waals surface area contributed by atoms with Crippen LogP contribution in [-0.2, 0) is 0 Å². The summed E-state index contributed by atoms with van der Waals surface area (Å²) in [6.07, 6.45) is 5.36. The van der Waals surface area contributed by atoms with Gasteiger partial charge in [-0.3, -0.25) is 0 Å². The number of aliphatic imine (C=N–C) groups is 1. The Morgan fingerprint density at radius 2 is 2.38 bits per heavy atom. The van der Waals surface area contributed by atoms with E-state index in [-0.39, 0.29) is 28.5 Å². The zero-order valence-electron chi connectivity index (χ0n) is 16.0. The molecule has 10 heteroatoms. The number of aromatic nitrogens is 2. The van der Waals surface area contributed by atoms with E-state index in [0.717, 1.165) is 31.3 Å². The lowest BCUT2D eigenvalue weighted by Crippen LogP contribution is -2.40. The van der Waals surface area contributed by atoms with E-state index in [1.54, 1.807) is 18.5 Å². The van der Waals surface area contributed by atoms with E-state index >= 15 is 0 Å². The van der Waals surface area contributed by atoms with Gasteiger partial charge in [-0.25, -0.2) is 14.4 Å². The number of β-amino-alcohol motifs (C(OH)–C–C–N with tert-alkyl or cyclic N) is 1. The van der Waals surface area contributed by atoms with Gasteiger partial charge in [0.1, 0.15) is 11.5 Å². The molecule has 1 atom stereocenters. The maximum absolute atomic E-state index is 14.5. The highest BCUT2D eigenvalue weighted by molar-refractivity contribution is 14.1. The van der Waals surface area contributed by atoms with Crippen LogP contribution < -0.4 is 11.1 Å². The minimum atomic E-state index is -0.354. The average molecular weight is 535 g/mol. The minimum absolute atomic E-state index is 0.152. The number of alkyl halides is 1. The molecule has 1 saturated heterocycles. The third-order valence-corrected chi connectivity index (χ3v) is 5.83. The number of aliphatic hydroxyl groups excluding tert-OH is 1. The van der Waals surface area contributed by atoms with Crippen LogP contribution in [0.4, 0.5) is 4.39 Å². The fourth-order valence-corrected chi connectivity index (χ4v) is 4.05. The van der Waals surface area contributed by atoms with Gasteiger partial charge in [0.15, 0.2) is 11.6 Å². The largest absolute Gasteiger partial charge is 0.395 e. The highest BCUT2D eigenvalue weighted by Gasteiger charge is 2.20. The number of piperidine rings is 1. The number of hydrogen-bond acceptors (Lipinski definition) is 5. The third kappa shape index (κ3) is 5.80. The zero-order valence-corrected chi connectivity index (χ0v) is 18.9. The Hall–Kier alpha value is -1.43. The summed E-state index contributed by atoms with van der Waals surface area (Å²) in [5.74, 6) is 0.348. The summed E-state index contributed by atoms with van der Waals surface area (Å²) in [5, 5.41) is 13.5. The van der Waals surface area contributed by atoms with E-state index in [1.165, 1.54) is 0 Å². The quantitative estimate of drug-likeness (QED) is 0.181. The molecule has 0 bridgehead atoms. The number of fused-ring (bicyclic) bond motifs is 1. The Bertz CT molecular complexity index is 900. The first-order valence-electron chi connectivity index (χ1n) is 9.50. The Labute approximate surface area is 187 Å². The van der Waals surface area contributed by atoms with Crippen LogP contribution in [0.5, 0.6) is 0 Å². The molecule has 0 radical (unpaired) electrons. The van der Waals surface area contributed by atoms with Crippen LogP contribution in [-0.4, -0.2) is 63.0 Å². The van der Waals surface area contributed by atoms with Gasteiger partial charge in [0.25, 0.3) is 0 Å². The molecule has 1 aliphatic heterocycles. The van der Waals surface area contributed by atoms with Crippen molar-refractivity contribution in [2.24, 2.45) is 16.6 Å². The molecular weight excluding hydrogens is 510 g/mol. The molecular formula is C19H25ClFIN6O. The molecule has 0 amide bonds. The Morgan fingerprint density at radius 3 is 3.14 bits per heavy atom. The number of nitrogens with two attached hydrogens (primary N) is 1. The van der Waals surface area contributed by atoms with E-state index in [1.807, 2.05) is 22.6 Å². The lowest BCUT2D eigenvalue weighted by molar-refractivity contribution is 0.140. The van der Waals surface area contributed by atoms with E-state index in [9.17, 15) is 4.39 Å². The van der Waals surface area contributed by atoms with Gasteiger partial charge in [0.2, 0.25) is 0 Å². The van der Waals surface area contributed by atoms with Crippen molar-refractivity contribution in [3.05, 3.63) is 40.7 Å². The second kappa shape index (κ2) is 10.6. The number of pyridine rings is 1. The number of aromatic amines is 1. The molecule has 0 aromatic carbocycles. The topological polar surface area (TPSA) is 103 Å². The number of aliphatic hydroxyl groups is 1. The first-order chi connectivity index (χ1) is 14.0. The number of rotatable bonds is 8. The zero-order chi connectivity index (χ0) is 20.8. The molecule has 158 valence electrons. The van der Waals surface area contributed by atoms with Crippen molar-refractivity contribution in [3.63, 3.8) is 0 Å². The van der Waals surface area contributed by atoms with Gasteiger partial charge in [-0.1, -0.05) is 34.2 Å². The summed E-state index contributed by atoms with van der Waals surface area (Å²) >= 11 is 8.00. The lowest BCUT2D eigenvalue weighted by Gasteiger charge is -2.32. The highest BCUT2D eigenvalue weighted by Crippen LogP contribution is 2.21. The fourth-order valence-electron chi connectivity index (χ4n) is 3.53. The molecule has 0 saturated carbocycles. The Morgan fingerprint density at radius 1 is 1.55 bits per heavy atom. The number of nitrogens with zero attached hydrogens (tertiary/aromatic N) is 3. The standard InChI is InChI=1S/C19H25ClFIN6O/c20-13-6-14-15(10-26-18(14)25-9-13)17(23)27-19(16(21)7-22)24-8-12-2-1-3-28(11-12)4-5-29/h6,9-10,12,24,29H,1-5,7-8,11H2,(H2,23,27)(H,25,26)/b19-16+/t12-/m0/s1. The van der Waals surface area contributed by atoms with Gasteiger partial charge in [-0.05, 0) is 31.4 Å². The average Bonchev–Trinajstić information content (AvgIpc) is 3.14. The molecule has 29 heavy (non-hydrogen) atoms. The van der Waals surface area contributed by atoms with Crippen LogP contribution in [0, 0.1) is 5.92 Å². The molecule has 0 unspecified atom stereocenters. The first-order valence-corrected chi connectivity index (χ1v) is 11.4. The number of amidine groups is 1. The van der Waals surface area contributed by atoms with Crippen LogP contribution in [0.1, 0.15) is 18.4 Å². The summed E-state index contributed by atoms with van der Waals surface area (Å²) in [6.45, 7) is 3.28. The number of halogens is 3. The summed E-state index contributed by atoms with van der Waals surface area (Å²) in [4.78, 5) is 13.8. The van der Waals surface area contributed by atoms with Crippen LogP contribution in [0.25, 0.3) is 11.0 Å². The summed E-state index contributed by atoms with van der Waals surface area (Å²) in [5.41, 5.74) is 7.47. The van der Waals surface area contributed by atoms with Crippen molar-refractivity contribution >= 4 is 51.1 Å². The van der Waals surface area contributed by atoms with Crippen molar-refractivity contribution in [1.29, 1.82) is 0 Å². The predicted molar refractivity (Wildman–Crippen MR) is 123 cm³/mol. The highest BCUT2D eigenvalue weighted by atomic mass is 127. The fraction of sp³-hybridized carbons (Fsp3) is 0.474. The van der Waals surface area contributed by atoms with Crippen molar-refractivity contribution in [2.45, 2.75) is 12.8 Å². The first kappa shape index (κ1) is 22.3. The monoisotopic (exact) mass is 534 g/mol. The van der Waals surface area contributed by atoms with E-state index in [0.29, 0.717) is 35.2 Å². The Balaban J connectivity index is 1.76. The molecule has 3 rings (SSSR count). The molecule has 5 N–H and O–H groups in total. The third-order valence-electron chi connectivity index (χ3n) is 4.96. The minimum Gasteiger partial charge on any atom is -0.395 e. The molecule has 1 aliphatic rings. The predicted octanol–water partition coefficient (Wildman–Crippen LogP) is 2.79. The molecule has 0 aliphatic carbocycles. The van der Waals surface area contributed by atoms with E-state index in [4.69, 9.17) is 22.4 Å². The molecule has 7 nitrogen and oxygen atoms in total. The maximum Gasteiger partial charge on any atom is 0.161 e. The number of likely N-dealkylation sites (tertiary alicyclic amines) is 1. The van der Waals surface area contributed by atoms with E-state index < -0.39 is 0 Å². The van der Waals surface area contributed by atoms with Crippen molar-refractivity contribution in [2.75, 3.05) is 37.2 Å². The molecule has 3 heterocycles. The van der Waals surface area contributed by atoms with E-state index in [2.05, 4.69) is 25.2 Å². The van der Waals surface area contributed by atoms with Crippen LogP contribution in [0.15, 0.2) is 35.1 Å². The number of allylic oxidation sites excluding steroid dienone is 1. The Kier molecular flexibility index (Phi) is 8.10. The maximum atomic E-state index is 14.5. The van der Waals surface area contributed by atoms with Crippen LogP contribution >= 0.6 is 34.2 Å². The van der Waals surface area contributed by atoms with Gasteiger partial charge in [0, 0.05) is 43.0 Å². The van der Waals surface area contributed by atoms with Crippen molar-refractivity contribution < 1.29 is 9.50 Å². The van der Waals surface area contributed by atoms with Gasteiger partial charge in [-0.2, -0.15) is 0 Å². The number of hydrogen-bond donors (Lipinski definition) is 4. The SMILES string of the molecule is N/C(=N\C(NC[C@@H]1CCCN(CCO)C1)=C(\F)CI)c1c[nH]c2ncc(Cl)cc12. The summed E-state index contributed by atoms with van der Waals surface area (Å²) in [7, 11) is 0. The van der Waals surface area contributed by atoms with Gasteiger partial charge >= 0.3 is 0 Å². The summed E-state index contributed by atoms with van der Waals surface area (Å²) in [6, 6.07) is 1.75. The van der Waals surface area contributed by atoms with Crippen molar-refractivity contribution in [3.8, 4) is 0 Å². The molecule has 2 aromatic rings. The second-order valence-corrected chi connectivity index (χ2v) is 8.25. The number of nitrogens with one attached hydrogen (secondary N) is 2. The summed E-state index contributed by atoms with van der Waals surface area (Å²) < 4.78 is 14.7. The number of H-pyrrole nitrogens is 1. The molecule has 1 fully saturated rings. The lowest BCUT2D eigenvalue weighted by atomic mass is 9.98. The van der Waals surface area contributed by atoms with Gasteiger partial charge in [-0.15, -0.1) is 0 Å². The normalized spacial score (nSPS) is 19.4. The smallest absolute Gasteiger partial charge is 0.161 e. The second-order valence-electron chi connectivity index (χ2n) is 7.05.